The van der Waals surface area contributed by atoms with Gasteiger partial charge in [0.1, 0.15) is 6.10 Å². The second kappa shape index (κ2) is 11.4. The summed E-state index contributed by atoms with van der Waals surface area (Å²) in [6.07, 6.45) is 5.91. The highest BCUT2D eigenvalue weighted by atomic mass is 79.9. The van der Waals surface area contributed by atoms with E-state index in [1.165, 1.54) is 0 Å². The number of esters is 1. The fraction of sp³-hybridized carbons (Fsp3) is 0.419. The van der Waals surface area contributed by atoms with E-state index in [-0.39, 0.29) is 23.6 Å². The minimum absolute atomic E-state index is 0.00937. The summed E-state index contributed by atoms with van der Waals surface area (Å²) in [5.74, 6) is -0.647. The zero-order chi connectivity index (χ0) is 26.8. The monoisotopic (exact) mass is 579 g/mol. The summed E-state index contributed by atoms with van der Waals surface area (Å²) in [5.41, 5.74) is 4.40. The Morgan fingerprint density at radius 2 is 1.82 bits per heavy atom. The Balaban J connectivity index is 1.59. The normalized spacial score (nSPS) is 22.1. The molecule has 0 saturated heterocycles. The highest BCUT2D eigenvalue weighted by Gasteiger charge is 2.42. The number of benzene rings is 2. The number of halogens is 1. The fourth-order valence-electron chi connectivity index (χ4n) is 6.03. The van der Waals surface area contributed by atoms with Crippen LogP contribution in [0.25, 0.3) is 0 Å². The van der Waals surface area contributed by atoms with Crippen molar-refractivity contribution < 1.29 is 24.2 Å². The lowest BCUT2D eigenvalue weighted by Crippen LogP contribution is -2.37. The molecule has 7 heteroatoms. The molecule has 0 spiro atoms. The Hall–Kier alpha value is -3.06. The van der Waals surface area contributed by atoms with Gasteiger partial charge in [-0.25, -0.2) is 4.79 Å². The van der Waals surface area contributed by atoms with Gasteiger partial charge >= 0.3 is 5.97 Å². The van der Waals surface area contributed by atoms with E-state index in [1.54, 1.807) is 12.1 Å². The molecular formula is C31H34BrNO5. The number of rotatable bonds is 6. The average molecular weight is 581 g/mol. The third-order valence-corrected chi connectivity index (χ3v) is 8.43. The topological polar surface area (TPSA) is 84.9 Å². The summed E-state index contributed by atoms with van der Waals surface area (Å²) < 4.78 is 12.2. The molecule has 1 aliphatic heterocycles. The predicted octanol–water partition coefficient (Wildman–Crippen LogP) is 6.79. The molecule has 0 aromatic heterocycles. The van der Waals surface area contributed by atoms with Gasteiger partial charge in [0.2, 0.25) is 0 Å². The first-order valence-corrected chi connectivity index (χ1v) is 14.3. The highest BCUT2D eigenvalue weighted by Crippen LogP contribution is 2.48. The zero-order valence-electron chi connectivity index (χ0n) is 21.9. The summed E-state index contributed by atoms with van der Waals surface area (Å²) in [7, 11) is 0. The van der Waals surface area contributed by atoms with Crippen LogP contribution in [0.1, 0.15) is 81.8 Å². The van der Waals surface area contributed by atoms with E-state index in [0.717, 1.165) is 43.4 Å². The maximum absolute atomic E-state index is 13.9. The van der Waals surface area contributed by atoms with Crippen molar-refractivity contribution in [2.24, 2.45) is 0 Å². The lowest BCUT2D eigenvalue weighted by atomic mass is 9.71. The van der Waals surface area contributed by atoms with Crippen molar-refractivity contribution in [1.29, 1.82) is 0 Å². The number of hydrogen-bond donors (Lipinski definition) is 2. The van der Waals surface area contributed by atoms with Crippen molar-refractivity contribution in [3.63, 3.8) is 0 Å². The fourth-order valence-corrected chi connectivity index (χ4v) is 6.49. The molecule has 1 saturated carbocycles. The van der Waals surface area contributed by atoms with Crippen molar-refractivity contribution in [1.82, 2.24) is 5.32 Å². The number of ketones is 1. The summed E-state index contributed by atoms with van der Waals surface area (Å²) in [6.45, 7) is 4.09. The van der Waals surface area contributed by atoms with E-state index in [9.17, 15) is 14.7 Å². The van der Waals surface area contributed by atoms with Crippen LogP contribution in [0.2, 0.25) is 0 Å². The first kappa shape index (κ1) is 26.5. The predicted molar refractivity (Wildman–Crippen MR) is 149 cm³/mol. The number of ether oxygens (including phenoxy) is 2. The van der Waals surface area contributed by atoms with Gasteiger partial charge in [0, 0.05) is 29.3 Å². The van der Waals surface area contributed by atoms with Gasteiger partial charge in [-0.1, -0.05) is 36.8 Å². The van der Waals surface area contributed by atoms with Gasteiger partial charge in [-0.2, -0.15) is 0 Å². The molecule has 0 unspecified atom stereocenters. The number of Topliss-reactive ketones (excluding diaryl/α,β-unsaturated/α-hetero) is 1. The van der Waals surface area contributed by atoms with Crippen LogP contribution in [-0.4, -0.2) is 29.6 Å². The minimum Gasteiger partial charge on any atom is -0.503 e. The standard InChI is InChI=1S/C31H34BrNO5/c1-3-37-26-17-21(14-23(32)30(26)35)28-27(31(36)38-22-12-8-5-9-13-22)18(2)33-24-15-20(16-25(34)29(24)28)19-10-6-4-7-11-19/h4,6-7,10-11,14,17,20,22,28,33,35H,3,5,8-9,12-13,15-16H2,1-2H3/t20-,28+/m1/s1. The smallest absolute Gasteiger partial charge is 0.337 e. The molecule has 2 atom stereocenters. The lowest BCUT2D eigenvalue weighted by molar-refractivity contribution is -0.146. The van der Waals surface area contributed by atoms with Gasteiger partial charge in [-0.05, 0) is 91.1 Å². The Morgan fingerprint density at radius 3 is 2.53 bits per heavy atom. The summed E-state index contributed by atoms with van der Waals surface area (Å²) >= 11 is 3.45. The van der Waals surface area contributed by atoms with Crippen LogP contribution in [0, 0.1) is 0 Å². The van der Waals surface area contributed by atoms with Crippen LogP contribution in [0.5, 0.6) is 11.5 Å². The van der Waals surface area contributed by atoms with Crippen LogP contribution in [0.3, 0.4) is 0 Å². The van der Waals surface area contributed by atoms with E-state index < -0.39 is 11.9 Å². The Labute approximate surface area is 232 Å². The van der Waals surface area contributed by atoms with E-state index in [4.69, 9.17) is 9.47 Å². The van der Waals surface area contributed by atoms with Gasteiger partial charge in [-0.15, -0.1) is 0 Å². The zero-order valence-corrected chi connectivity index (χ0v) is 23.5. The number of dihydropyridines is 1. The lowest BCUT2D eigenvalue weighted by Gasteiger charge is -2.37. The molecule has 1 fully saturated rings. The Kier molecular flexibility index (Phi) is 7.93. The second-order valence-electron chi connectivity index (χ2n) is 10.4. The van der Waals surface area contributed by atoms with Crippen molar-refractivity contribution in [3.05, 3.63) is 80.6 Å². The minimum atomic E-state index is -0.623. The number of phenolic OH excluding ortho intramolecular Hbond substituents is 1. The molecule has 2 aliphatic carbocycles. The third kappa shape index (κ3) is 5.26. The summed E-state index contributed by atoms with van der Waals surface area (Å²) in [6, 6.07) is 13.6. The maximum atomic E-state index is 13.9. The first-order chi connectivity index (χ1) is 18.4. The van der Waals surface area contributed by atoms with Crippen molar-refractivity contribution in [2.75, 3.05) is 6.61 Å². The molecular weight excluding hydrogens is 546 g/mol. The first-order valence-electron chi connectivity index (χ1n) is 13.5. The van der Waals surface area contributed by atoms with Gasteiger partial charge in [0.05, 0.1) is 16.7 Å². The number of phenols is 1. The molecule has 0 radical (unpaired) electrons. The van der Waals surface area contributed by atoms with Crippen molar-refractivity contribution >= 4 is 27.7 Å². The number of hydrogen-bond acceptors (Lipinski definition) is 6. The van der Waals surface area contributed by atoms with E-state index >= 15 is 0 Å². The summed E-state index contributed by atoms with van der Waals surface area (Å²) in [4.78, 5) is 27.6. The maximum Gasteiger partial charge on any atom is 0.337 e. The molecule has 2 N–H and O–H groups in total. The van der Waals surface area contributed by atoms with Gasteiger partial charge in [0.15, 0.2) is 17.3 Å². The van der Waals surface area contributed by atoms with Crippen LogP contribution < -0.4 is 10.1 Å². The molecule has 0 amide bonds. The Bertz CT molecular complexity index is 1290. The Morgan fingerprint density at radius 1 is 1.08 bits per heavy atom. The highest BCUT2D eigenvalue weighted by molar-refractivity contribution is 9.10. The molecule has 6 nitrogen and oxygen atoms in total. The summed E-state index contributed by atoms with van der Waals surface area (Å²) in [5, 5.41) is 14.0. The third-order valence-electron chi connectivity index (χ3n) is 7.83. The quantitative estimate of drug-likeness (QED) is 0.366. The average Bonchev–Trinajstić information content (AvgIpc) is 2.91. The van der Waals surface area contributed by atoms with Crippen molar-refractivity contribution in [3.8, 4) is 11.5 Å². The van der Waals surface area contributed by atoms with E-state index in [0.29, 0.717) is 52.1 Å². The molecule has 1 heterocycles. The van der Waals surface area contributed by atoms with Crippen molar-refractivity contribution in [2.45, 2.75) is 76.7 Å². The van der Waals surface area contributed by atoms with Gasteiger partial charge in [0.25, 0.3) is 0 Å². The van der Waals surface area contributed by atoms with Gasteiger partial charge < -0.3 is 19.9 Å². The molecule has 38 heavy (non-hydrogen) atoms. The molecule has 200 valence electrons. The van der Waals surface area contributed by atoms with E-state index in [2.05, 4.69) is 33.4 Å². The number of nitrogens with one attached hydrogen (secondary N) is 1. The molecule has 5 rings (SSSR count). The molecule has 2 aromatic carbocycles. The largest absolute Gasteiger partial charge is 0.503 e. The number of aromatic hydroxyl groups is 1. The molecule has 2 aromatic rings. The van der Waals surface area contributed by atoms with Crippen LogP contribution in [-0.2, 0) is 14.3 Å². The molecule has 0 bridgehead atoms. The van der Waals surface area contributed by atoms with Crippen LogP contribution in [0.4, 0.5) is 0 Å². The van der Waals surface area contributed by atoms with E-state index in [1.807, 2.05) is 32.0 Å². The van der Waals surface area contributed by atoms with Crippen LogP contribution >= 0.6 is 15.9 Å². The SMILES string of the molecule is CCOc1cc([C@H]2C(C(=O)OC3CCCCC3)=C(C)NC3=C2C(=O)C[C@H](c2ccccc2)C3)cc(Br)c1O. The number of allylic oxidation sites excluding steroid dienone is 3. The van der Waals surface area contributed by atoms with Crippen LogP contribution in [0.15, 0.2) is 69.5 Å². The molecule has 3 aliphatic rings. The number of carbonyl (C=O) groups excluding carboxylic acids is 2. The second-order valence-corrected chi connectivity index (χ2v) is 11.2. The van der Waals surface area contributed by atoms with Gasteiger partial charge in [-0.3, -0.25) is 4.79 Å². The number of carbonyl (C=O) groups is 2.